The molecule has 31 heavy (non-hydrogen) atoms. The Balaban J connectivity index is 0.00000171. The number of para-hydroxylation sites is 1. The summed E-state index contributed by atoms with van der Waals surface area (Å²) < 4.78 is 39.9. The van der Waals surface area contributed by atoms with Gasteiger partial charge in [0.15, 0.2) is 0 Å². The molecule has 0 bridgehead atoms. The predicted octanol–water partition coefficient (Wildman–Crippen LogP) is -4.35. The van der Waals surface area contributed by atoms with E-state index < -0.39 is 11.7 Å². The zero-order valence-electron chi connectivity index (χ0n) is 16.9. The maximum absolute atomic E-state index is 13.3. The van der Waals surface area contributed by atoms with E-state index in [1.54, 1.807) is 6.07 Å². The first-order valence-electron chi connectivity index (χ1n) is 9.79. The number of hydrogen-bond donors (Lipinski definition) is 2. The molecule has 0 aromatic heterocycles. The molecule has 2 aliphatic rings. The van der Waals surface area contributed by atoms with E-state index in [4.69, 9.17) is 0 Å². The number of carbonyl (C=O) groups is 1. The van der Waals surface area contributed by atoms with E-state index in [1.165, 1.54) is 32.5 Å². The molecule has 2 aromatic rings. The molecule has 0 unspecified atom stereocenters. The van der Waals surface area contributed by atoms with Crippen molar-refractivity contribution < 1.29 is 52.6 Å². The number of nitrogens with zero attached hydrogens (tertiary/aromatic N) is 1. The van der Waals surface area contributed by atoms with Crippen molar-refractivity contribution in [3.8, 4) is 0 Å². The Hall–Kier alpha value is -1.45. The molecule has 0 saturated carbocycles. The molecule has 2 aromatic carbocycles. The lowest BCUT2D eigenvalue weighted by atomic mass is 10.1. The summed E-state index contributed by atoms with van der Waals surface area (Å²) in [7, 11) is 2.17. The van der Waals surface area contributed by atoms with Crippen LogP contribution in [0.25, 0.3) is 0 Å². The SMILES string of the molecule is C[NH+]1CC[NH+](CCC(=O)N2c3ccccc3Sc3ccc(C(F)(F)F)cc32)CC1.[Cl-].[Cl-]. The molecule has 10 heteroatoms. The van der Waals surface area contributed by atoms with Gasteiger partial charge in [-0.2, -0.15) is 13.2 Å². The predicted molar refractivity (Wildman–Crippen MR) is 106 cm³/mol. The molecule has 4 rings (SSSR count). The standard InChI is InChI=1S/C21H22F3N3OS.2ClH/c1-25-10-12-26(13-11-25)9-8-20(28)27-16-4-2-3-5-18(16)29-19-7-6-15(14-17(19)27)21(22,23)24;;/h2-7,14H,8-13H2,1H3;2*1H. The summed E-state index contributed by atoms with van der Waals surface area (Å²) in [6, 6.07) is 11.0. The number of benzene rings is 2. The second kappa shape index (κ2) is 10.4. The molecular formula is C21H24Cl2F3N3OS. The summed E-state index contributed by atoms with van der Waals surface area (Å²) >= 11 is 1.40. The third-order valence-electron chi connectivity index (χ3n) is 5.61. The number of piperazine rings is 1. The van der Waals surface area contributed by atoms with Gasteiger partial charge in [-0.25, -0.2) is 0 Å². The molecule has 0 radical (unpaired) electrons. The van der Waals surface area contributed by atoms with Crippen LogP contribution in [0.3, 0.4) is 0 Å². The molecular weight excluding hydrogens is 470 g/mol. The van der Waals surface area contributed by atoms with Gasteiger partial charge < -0.3 is 34.6 Å². The van der Waals surface area contributed by atoms with Crippen molar-refractivity contribution in [2.24, 2.45) is 0 Å². The van der Waals surface area contributed by atoms with Crippen molar-refractivity contribution in [2.45, 2.75) is 22.4 Å². The molecule has 0 spiro atoms. The number of halogens is 5. The minimum Gasteiger partial charge on any atom is -1.00 e. The normalized spacial score (nSPS) is 20.1. The van der Waals surface area contributed by atoms with Crippen LogP contribution in [-0.4, -0.2) is 45.7 Å². The summed E-state index contributed by atoms with van der Waals surface area (Å²) in [6.45, 7) is 4.88. The summed E-state index contributed by atoms with van der Waals surface area (Å²) in [6.07, 6.45) is -4.14. The molecule has 4 nitrogen and oxygen atoms in total. The second-order valence-electron chi connectivity index (χ2n) is 7.69. The summed E-state index contributed by atoms with van der Waals surface area (Å²) in [4.78, 5) is 19.1. The number of anilines is 2. The molecule has 0 aliphatic carbocycles. The number of alkyl halides is 3. The number of fused-ring (bicyclic) bond motifs is 2. The minimum atomic E-state index is -4.45. The van der Waals surface area contributed by atoms with E-state index in [9.17, 15) is 18.0 Å². The number of likely N-dealkylation sites (N-methyl/N-ethyl adjacent to an activating group) is 1. The molecule has 1 amide bonds. The van der Waals surface area contributed by atoms with E-state index in [2.05, 4.69) is 7.05 Å². The second-order valence-corrected chi connectivity index (χ2v) is 8.77. The van der Waals surface area contributed by atoms with Crippen LogP contribution in [0.1, 0.15) is 12.0 Å². The maximum Gasteiger partial charge on any atom is 0.416 e. The Morgan fingerprint density at radius 3 is 2.32 bits per heavy atom. The highest BCUT2D eigenvalue weighted by molar-refractivity contribution is 7.99. The van der Waals surface area contributed by atoms with E-state index in [0.29, 0.717) is 29.2 Å². The van der Waals surface area contributed by atoms with Gasteiger partial charge >= 0.3 is 6.18 Å². The molecule has 2 aliphatic heterocycles. The molecule has 1 saturated heterocycles. The number of carbonyl (C=O) groups excluding carboxylic acids is 1. The van der Waals surface area contributed by atoms with Gasteiger partial charge in [0.1, 0.15) is 26.2 Å². The Bertz CT molecular complexity index is 921. The Morgan fingerprint density at radius 2 is 1.65 bits per heavy atom. The monoisotopic (exact) mass is 493 g/mol. The zero-order chi connectivity index (χ0) is 20.6. The first-order valence-corrected chi connectivity index (χ1v) is 10.6. The van der Waals surface area contributed by atoms with Crippen molar-refractivity contribution in [2.75, 3.05) is 44.7 Å². The van der Waals surface area contributed by atoms with Gasteiger partial charge in [0.05, 0.1) is 37.0 Å². The van der Waals surface area contributed by atoms with Crippen LogP contribution in [0, 0.1) is 0 Å². The highest BCUT2D eigenvalue weighted by Gasteiger charge is 2.35. The number of nitrogens with one attached hydrogen (secondary N) is 2. The first-order chi connectivity index (χ1) is 13.8. The first kappa shape index (κ1) is 25.8. The molecule has 2 N–H and O–H groups in total. The van der Waals surface area contributed by atoms with Gasteiger partial charge in [-0.1, -0.05) is 23.9 Å². The van der Waals surface area contributed by atoms with E-state index in [-0.39, 0.29) is 30.7 Å². The van der Waals surface area contributed by atoms with Crippen molar-refractivity contribution >= 4 is 29.0 Å². The fourth-order valence-electron chi connectivity index (χ4n) is 3.88. The average Bonchev–Trinajstić information content (AvgIpc) is 2.70. The van der Waals surface area contributed by atoms with Gasteiger partial charge in [-0.15, -0.1) is 0 Å². The highest BCUT2D eigenvalue weighted by Crippen LogP contribution is 2.49. The molecule has 2 heterocycles. The number of rotatable bonds is 3. The summed E-state index contributed by atoms with van der Waals surface area (Å²) in [5, 5.41) is 0. The largest absolute Gasteiger partial charge is 1.00 e. The van der Waals surface area contributed by atoms with Crippen molar-refractivity contribution in [3.05, 3.63) is 48.0 Å². The van der Waals surface area contributed by atoms with Gasteiger partial charge in [-0.05, 0) is 30.3 Å². The zero-order valence-corrected chi connectivity index (χ0v) is 19.3. The molecule has 170 valence electrons. The lowest BCUT2D eigenvalue weighted by Crippen LogP contribution is -3.27. The summed E-state index contributed by atoms with van der Waals surface area (Å²) in [5.41, 5.74) is 0.250. The van der Waals surface area contributed by atoms with Gasteiger partial charge in [-0.3, -0.25) is 9.69 Å². The summed E-state index contributed by atoms with van der Waals surface area (Å²) in [5.74, 6) is -0.155. The third-order valence-corrected chi connectivity index (χ3v) is 6.74. The van der Waals surface area contributed by atoms with E-state index >= 15 is 0 Å². The Kier molecular flexibility index (Phi) is 8.69. The van der Waals surface area contributed by atoms with Gasteiger partial charge in [0.2, 0.25) is 5.91 Å². The average molecular weight is 494 g/mol. The molecule has 1 fully saturated rings. The fourth-order valence-corrected chi connectivity index (χ4v) is 4.91. The van der Waals surface area contributed by atoms with E-state index in [0.717, 1.165) is 43.2 Å². The van der Waals surface area contributed by atoms with Crippen LogP contribution in [0.5, 0.6) is 0 Å². The van der Waals surface area contributed by atoms with Crippen LogP contribution in [0.4, 0.5) is 24.5 Å². The number of amides is 1. The Labute approximate surface area is 196 Å². The smallest absolute Gasteiger partial charge is 0.416 e. The third kappa shape index (κ3) is 5.68. The minimum absolute atomic E-state index is 0. The number of quaternary nitrogens is 2. The fraction of sp³-hybridized carbons (Fsp3) is 0.381. The maximum atomic E-state index is 13.3. The van der Waals surface area contributed by atoms with Crippen molar-refractivity contribution in [1.82, 2.24) is 0 Å². The Morgan fingerprint density at radius 1 is 1.00 bits per heavy atom. The van der Waals surface area contributed by atoms with Crippen LogP contribution >= 0.6 is 11.8 Å². The number of hydrogen-bond acceptors (Lipinski definition) is 2. The lowest BCUT2D eigenvalue weighted by Gasteiger charge is -2.32. The quantitative estimate of drug-likeness (QED) is 0.452. The van der Waals surface area contributed by atoms with Gasteiger partial charge in [0, 0.05) is 9.79 Å². The van der Waals surface area contributed by atoms with Crippen molar-refractivity contribution in [3.63, 3.8) is 0 Å². The van der Waals surface area contributed by atoms with Crippen LogP contribution in [0.15, 0.2) is 52.3 Å². The topological polar surface area (TPSA) is 29.2 Å². The van der Waals surface area contributed by atoms with Crippen LogP contribution in [0.2, 0.25) is 0 Å². The van der Waals surface area contributed by atoms with Crippen molar-refractivity contribution in [1.29, 1.82) is 0 Å². The highest BCUT2D eigenvalue weighted by atomic mass is 35.5. The van der Waals surface area contributed by atoms with E-state index in [1.807, 2.05) is 18.2 Å². The van der Waals surface area contributed by atoms with Crippen LogP contribution in [-0.2, 0) is 11.0 Å². The molecule has 0 atom stereocenters. The lowest BCUT2D eigenvalue weighted by molar-refractivity contribution is -1.00. The van der Waals surface area contributed by atoms with Crippen LogP contribution < -0.4 is 39.5 Å². The van der Waals surface area contributed by atoms with Gasteiger partial charge in [0.25, 0.3) is 0 Å².